The molecule has 0 unspecified atom stereocenters. The number of benzene rings is 1. The molecule has 1 aromatic rings. The summed E-state index contributed by atoms with van der Waals surface area (Å²) in [5, 5.41) is 11.1. The van der Waals surface area contributed by atoms with Gasteiger partial charge in [0.15, 0.2) is 0 Å². The molecule has 3 N–H and O–H groups in total. The van der Waals surface area contributed by atoms with Crippen LogP contribution in [0.15, 0.2) is 35.2 Å². The first kappa shape index (κ1) is 17.9. The Labute approximate surface area is 129 Å². The van der Waals surface area contributed by atoms with Crippen LogP contribution in [-0.4, -0.2) is 38.5 Å². The van der Waals surface area contributed by atoms with E-state index in [2.05, 4.69) is 5.32 Å². The maximum absolute atomic E-state index is 11.8. The minimum Gasteiger partial charge on any atom is -0.480 e. The highest BCUT2D eigenvalue weighted by molar-refractivity contribution is 7.89. The highest BCUT2D eigenvalue weighted by Gasteiger charge is 2.14. The van der Waals surface area contributed by atoms with Crippen molar-refractivity contribution >= 4 is 28.0 Å². The van der Waals surface area contributed by atoms with Crippen molar-refractivity contribution in [1.82, 2.24) is 10.0 Å². The molecule has 120 valence electrons. The van der Waals surface area contributed by atoms with Crippen LogP contribution in [0.1, 0.15) is 18.9 Å². The molecule has 0 saturated heterocycles. The second kappa shape index (κ2) is 8.30. The van der Waals surface area contributed by atoms with Gasteiger partial charge in [0.25, 0.3) is 0 Å². The van der Waals surface area contributed by atoms with E-state index < -0.39 is 22.5 Å². The summed E-state index contributed by atoms with van der Waals surface area (Å²) in [4.78, 5) is 21.1. The second-order valence-electron chi connectivity index (χ2n) is 4.46. The molecule has 0 radical (unpaired) electrons. The Morgan fingerprint density at radius 3 is 2.41 bits per heavy atom. The van der Waals surface area contributed by atoms with Gasteiger partial charge in [0.05, 0.1) is 4.90 Å². The largest absolute Gasteiger partial charge is 0.480 e. The summed E-state index contributed by atoms with van der Waals surface area (Å²) in [7, 11) is -3.81. The number of carboxylic acid groups (broad SMARTS) is 1. The molecule has 7 nitrogen and oxygen atoms in total. The van der Waals surface area contributed by atoms with Crippen LogP contribution in [0.25, 0.3) is 6.08 Å². The Morgan fingerprint density at radius 2 is 1.86 bits per heavy atom. The zero-order chi connectivity index (χ0) is 16.6. The fourth-order valence-corrected chi connectivity index (χ4v) is 2.52. The van der Waals surface area contributed by atoms with Gasteiger partial charge in [-0.05, 0) is 24.1 Å². The summed E-state index contributed by atoms with van der Waals surface area (Å²) in [6.07, 6.45) is 4.34. The minimum absolute atomic E-state index is 0.00384. The molecule has 1 aromatic carbocycles. The number of nitrogens with one attached hydrogen (secondary N) is 2. The number of hydrogen-bond donors (Lipinski definition) is 3. The molecule has 8 heteroatoms. The highest BCUT2D eigenvalue weighted by Crippen LogP contribution is 2.11. The van der Waals surface area contributed by atoms with Gasteiger partial charge in [-0.3, -0.25) is 9.59 Å². The van der Waals surface area contributed by atoms with Gasteiger partial charge >= 0.3 is 5.97 Å². The van der Waals surface area contributed by atoms with Crippen LogP contribution in [0.4, 0.5) is 0 Å². The molecule has 0 spiro atoms. The Kier molecular flexibility index (Phi) is 6.74. The van der Waals surface area contributed by atoms with Crippen molar-refractivity contribution in [3.63, 3.8) is 0 Å². The zero-order valence-corrected chi connectivity index (χ0v) is 12.9. The van der Waals surface area contributed by atoms with Crippen molar-refractivity contribution in [3.8, 4) is 0 Å². The van der Waals surface area contributed by atoms with Gasteiger partial charge in [-0.25, -0.2) is 8.42 Å². The summed E-state index contributed by atoms with van der Waals surface area (Å²) in [5.74, 6) is -1.33. The van der Waals surface area contributed by atoms with E-state index in [-0.39, 0.29) is 10.8 Å². The van der Waals surface area contributed by atoms with Crippen molar-refractivity contribution in [3.05, 3.63) is 35.9 Å². The van der Waals surface area contributed by atoms with Gasteiger partial charge in [0, 0.05) is 13.5 Å². The standard InChI is InChI=1S/C14H18N2O5S/c1-11(17)15-9-3-2-4-12-5-7-13(8-6-12)22(20,21)16-10-14(18)19/h2,4-8,16H,3,9-10H2,1H3,(H,15,17)(H,18,19). The van der Waals surface area contributed by atoms with Crippen molar-refractivity contribution in [2.75, 3.05) is 13.1 Å². The summed E-state index contributed by atoms with van der Waals surface area (Å²) < 4.78 is 25.5. The van der Waals surface area contributed by atoms with Crippen molar-refractivity contribution in [1.29, 1.82) is 0 Å². The lowest BCUT2D eigenvalue weighted by Crippen LogP contribution is -2.29. The van der Waals surface area contributed by atoms with Crippen LogP contribution >= 0.6 is 0 Å². The van der Waals surface area contributed by atoms with E-state index >= 15 is 0 Å². The summed E-state index contributed by atoms with van der Waals surface area (Å²) in [5.41, 5.74) is 0.806. The number of carbonyl (C=O) groups is 2. The first-order valence-corrected chi connectivity index (χ1v) is 8.02. The average molecular weight is 326 g/mol. The van der Waals surface area contributed by atoms with Crippen LogP contribution in [0.2, 0.25) is 0 Å². The van der Waals surface area contributed by atoms with Gasteiger partial charge < -0.3 is 10.4 Å². The number of carbonyl (C=O) groups excluding carboxylic acids is 1. The first-order valence-electron chi connectivity index (χ1n) is 6.54. The molecular weight excluding hydrogens is 308 g/mol. The van der Waals surface area contributed by atoms with E-state index in [4.69, 9.17) is 5.11 Å². The molecule has 22 heavy (non-hydrogen) atoms. The Balaban J connectivity index is 2.60. The third-order valence-electron chi connectivity index (χ3n) is 2.60. The van der Waals surface area contributed by atoms with Crippen LogP contribution in [-0.2, 0) is 19.6 Å². The quantitative estimate of drug-likeness (QED) is 0.605. The van der Waals surface area contributed by atoms with E-state index in [1.54, 1.807) is 12.1 Å². The van der Waals surface area contributed by atoms with Crippen molar-refractivity contribution in [2.45, 2.75) is 18.2 Å². The van der Waals surface area contributed by atoms with E-state index in [1.165, 1.54) is 19.1 Å². The number of sulfonamides is 1. The van der Waals surface area contributed by atoms with Gasteiger partial charge in [0.2, 0.25) is 15.9 Å². The van der Waals surface area contributed by atoms with Crippen LogP contribution in [0, 0.1) is 0 Å². The molecule has 1 rings (SSSR count). The Bertz CT molecular complexity index is 650. The van der Waals surface area contributed by atoms with E-state index in [9.17, 15) is 18.0 Å². The number of rotatable bonds is 8. The van der Waals surface area contributed by atoms with E-state index in [0.29, 0.717) is 13.0 Å². The number of hydrogen-bond acceptors (Lipinski definition) is 4. The Morgan fingerprint density at radius 1 is 1.23 bits per heavy atom. The van der Waals surface area contributed by atoms with Gasteiger partial charge in [-0.1, -0.05) is 24.3 Å². The van der Waals surface area contributed by atoms with E-state index in [1.807, 2.05) is 16.9 Å². The zero-order valence-electron chi connectivity index (χ0n) is 12.1. The molecule has 1 amide bonds. The molecule has 0 aliphatic rings. The summed E-state index contributed by atoms with van der Waals surface area (Å²) in [6.45, 7) is 1.33. The smallest absolute Gasteiger partial charge is 0.318 e. The van der Waals surface area contributed by atoms with E-state index in [0.717, 1.165) is 5.56 Å². The third kappa shape index (κ3) is 6.51. The molecule has 0 bridgehead atoms. The summed E-state index contributed by atoms with van der Waals surface area (Å²) in [6, 6.07) is 6.03. The Hall–Kier alpha value is -2.19. The van der Waals surface area contributed by atoms with Gasteiger partial charge in [-0.15, -0.1) is 0 Å². The predicted octanol–water partition coefficient (Wildman–Crippen LogP) is 0.589. The maximum atomic E-state index is 11.8. The van der Waals surface area contributed by atoms with Crippen molar-refractivity contribution in [2.24, 2.45) is 0 Å². The normalized spacial score (nSPS) is 11.5. The summed E-state index contributed by atoms with van der Waals surface area (Å²) >= 11 is 0. The topological polar surface area (TPSA) is 113 Å². The average Bonchev–Trinajstić information content (AvgIpc) is 2.45. The maximum Gasteiger partial charge on any atom is 0.318 e. The number of aliphatic carboxylic acids is 1. The van der Waals surface area contributed by atoms with Gasteiger partial charge in [0.1, 0.15) is 6.54 Å². The predicted molar refractivity (Wildman–Crippen MR) is 81.6 cm³/mol. The lowest BCUT2D eigenvalue weighted by molar-refractivity contribution is -0.135. The fraction of sp³-hybridized carbons (Fsp3) is 0.286. The molecular formula is C14H18N2O5S. The second-order valence-corrected chi connectivity index (χ2v) is 6.23. The lowest BCUT2D eigenvalue weighted by Gasteiger charge is -2.04. The molecule has 0 aliphatic carbocycles. The monoisotopic (exact) mass is 326 g/mol. The van der Waals surface area contributed by atoms with Crippen LogP contribution in [0.5, 0.6) is 0 Å². The molecule has 0 aliphatic heterocycles. The minimum atomic E-state index is -3.81. The highest BCUT2D eigenvalue weighted by atomic mass is 32.2. The molecule has 0 atom stereocenters. The number of amides is 1. The van der Waals surface area contributed by atoms with Crippen LogP contribution < -0.4 is 10.0 Å². The number of carboxylic acids is 1. The molecule has 0 saturated carbocycles. The SMILES string of the molecule is CC(=O)NCCC=Cc1ccc(S(=O)(=O)NCC(=O)O)cc1. The molecule has 0 heterocycles. The van der Waals surface area contributed by atoms with Gasteiger partial charge in [-0.2, -0.15) is 4.72 Å². The fourth-order valence-electron chi connectivity index (χ4n) is 1.55. The van der Waals surface area contributed by atoms with Crippen molar-refractivity contribution < 1.29 is 23.1 Å². The lowest BCUT2D eigenvalue weighted by atomic mass is 10.2. The first-order chi connectivity index (χ1) is 10.3. The molecule has 0 aromatic heterocycles. The third-order valence-corrected chi connectivity index (χ3v) is 4.02. The van der Waals surface area contributed by atoms with Crippen LogP contribution in [0.3, 0.4) is 0 Å². The molecule has 0 fully saturated rings.